The van der Waals surface area contributed by atoms with Crippen molar-refractivity contribution in [2.75, 3.05) is 17.2 Å². The van der Waals surface area contributed by atoms with Crippen molar-refractivity contribution in [2.24, 2.45) is 5.73 Å². The predicted molar refractivity (Wildman–Crippen MR) is 63.1 cm³/mol. The first kappa shape index (κ1) is 12.0. The Bertz CT molecular complexity index is 314. The zero-order chi connectivity index (χ0) is 11.5. The van der Waals surface area contributed by atoms with Crippen LogP contribution >= 0.6 is 11.8 Å². The SMILES string of the molecule is CC(C)(N)CSCc1nc(N)nc(N)n1. The predicted octanol–water partition coefficient (Wildman–Crippen LogP) is 0.00650. The smallest absolute Gasteiger partial charge is 0.225 e. The fourth-order valence-corrected chi connectivity index (χ4v) is 1.87. The van der Waals surface area contributed by atoms with Crippen LogP contribution in [0.25, 0.3) is 0 Å². The monoisotopic (exact) mass is 228 g/mol. The number of nitrogens with zero attached hydrogens (tertiary/aromatic N) is 3. The van der Waals surface area contributed by atoms with Gasteiger partial charge >= 0.3 is 0 Å². The molecule has 0 aliphatic rings. The van der Waals surface area contributed by atoms with Crippen LogP contribution in [0.3, 0.4) is 0 Å². The van der Waals surface area contributed by atoms with Gasteiger partial charge in [0.15, 0.2) is 0 Å². The molecule has 0 amide bonds. The molecule has 0 saturated carbocycles. The first-order chi connectivity index (χ1) is 6.87. The van der Waals surface area contributed by atoms with Crippen molar-refractivity contribution in [1.82, 2.24) is 15.0 Å². The Hall–Kier alpha value is -1.08. The van der Waals surface area contributed by atoms with E-state index in [0.29, 0.717) is 11.6 Å². The van der Waals surface area contributed by atoms with Gasteiger partial charge in [0.1, 0.15) is 5.82 Å². The van der Waals surface area contributed by atoms with Gasteiger partial charge in [0.25, 0.3) is 0 Å². The van der Waals surface area contributed by atoms with Gasteiger partial charge in [0.05, 0.1) is 5.75 Å². The summed E-state index contributed by atoms with van der Waals surface area (Å²) in [6.07, 6.45) is 0. The molecule has 0 bridgehead atoms. The molecule has 6 nitrogen and oxygen atoms in total. The van der Waals surface area contributed by atoms with Gasteiger partial charge in [-0.15, -0.1) is 0 Å². The normalized spacial score (nSPS) is 11.7. The van der Waals surface area contributed by atoms with E-state index < -0.39 is 0 Å². The van der Waals surface area contributed by atoms with Gasteiger partial charge < -0.3 is 17.2 Å². The van der Waals surface area contributed by atoms with Crippen molar-refractivity contribution in [3.63, 3.8) is 0 Å². The summed E-state index contributed by atoms with van der Waals surface area (Å²) in [6, 6.07) is 0. The second-order valence-corrected chi connectivity index (χ2v) is 4.94. The highest BCUT2D eigenvalue weighted by molar-refractivity contribution is 7.98. The van der Waals surface area contributed by atoms with E-state index in [0.717, 1.165) is 5.75 Å². The van der Waals surface area contributed by atoms with E-state index >= 15 is 0 Å². The van der Waals surface area contributed by atoms with E-state index in [2.05, 4.69) is 15.0 Å². The van der Waals surface area contributed by atoms with Gasteiger partial charge in [-0.3, -0.25) is 0 Å². The zero-order valence-corrected chi connectivity index (χ0v) is 9.71. The molecule has 1 heterocycles. The van der Waals surface area contributed by atoms with Crippen LogP contribution in [-0.4, -0.2) is 26.2 Å². The Morgan fingerprint density at radius 1 is 1.13 bits per heavy atom. The lowest BCUT2D eigenvalue weighted by atomic mass is 10.1. The molecular weight excluding hydrogens is 212 g/mol. The summed E-state index contributed by atoms with van der Waals surface area (Å²) >= 11 is 1.64. The molecular formula is C8H16N6S. The van der Waals surface area contributed by atoms with Gasteiger partial charge in [-0.2, -0.15) is 26.7 Å². The van der Waals surface area contributed by atoms with Crippen LogP contribution < -0.4 is 17.2 Å². The Kier molecular flexibility index (Phi) is 3.70. The number of nitrogens with two attached hydrogens (primary N) is 3. The summed E-state index contributed by atoms with van der Waals surface area (Å²) in [5, 5.41) is 0. The number of hydrogen-bond donors (Lipinski definition) is 3. The van der Waals surface area contributed by atoms with Gasteiger partial charge in [0.2, 0.25) is 11.9 Å². The minimum absolute atomic E-state index is 0.158. The molecule has 0 fully saturated rings. The Morgan fingerprint density at radius 2 is 1.67 bits per heavy atom. The molecule has 0 aliphatic carbocycles. The van der Waals surface area contributed by atoms with Crippen LogP contribution in [0.1, 0.15) is 19.7 Å². The Balaban J connectivity index is 2.51. The third-order valence-electron chi connectivity index (χ3n) is 1.42. The summed E-state index contributed by atoms with van der Waals surface area (Å²) in [4.78, 5) is 11.6. The average Bonchev–Trinajstić information content (AvgIpc) is 1.99. The topological polar surface area (TPSA) is 117 Å². The van der Waals surface area contributed by atoms with Gasteiger partial charge in [0, 0.05) is 11.3 Å². The highest BCUT2D eigenvalue weighted by atomic mass is 32.2. The molecule has 15 heavy (non-hydrogen) atoms. The molecule has 6 N–H and O–H groups in total. The maximum Gasteiger partial charge on any atom is 0.225 e. The van der Waals surface area contributed by atoms with Crippen molar-refractivity contribution < 1.29 is 0 Å². The molecule has 1 aromatic rings. The molecule has 0 aliphatic heterocycles. The van der Waals surface area contributed by atoms with E-state index in [1.165, 1.54) is 0 Å². The highest BCUT2D eigenvalue weighted by Crippen LogP contribution is 2.14. The number of nitrogen functional groups attached to an aromatic ring is 2. The van der Waals surface area contributed by atoms with Crippen LogP contribution in [-0.2, 0) is 5.75 Å². The summed E-state index contributed by atoms with van der Waals surface area (Å²) in [5.41, 5.74) is 16.5. The fraction of sp³-hybridized carbons (Fsp3) is 0.625. The maximum absolute atomic E-state index is 5.84. The van der Waals surface area contributed by atoms with Crippen LogP contribution in [0.5, 0.6) is 0 Å². The van der Waals surface area contributed by atoms with Gasteiger partial charge in [-0.1, -0.05) is 0 Å². The second-order valence-electron chi connectivity index (χ2n) is 3.95. The Labute approximate surface area is 93.1 Å². The van der Waals surface area contributed by atoms with Crippen LogP contribution in [0.2, 0.25) is 0 Å². The Morgan fingerprint density at radius 3 is 2.13 bits per heavy atom. The second kappa shape index (κ2) is 4.63. The molecule has 1 aromatic heterocycles. The standard InChI is InChI=1S/C8H16N6S/c1-8(2,11)4-15-3-5-12-6(9)14-7(10)13-5/h3-4,11H2,1-2H3,(H4,9,10,12,13,14). The van der Waals surface area contributed by atoms with Crippen molar-refractivity contribution in [1.29, 1.82) is 0 Å². The molecule has 0 atom stereocenters. The molecule has 84 valence electrons. The minimum atomic E-state index is -0.200. The summed E-state index contributed by atoms with van der Waals surface area (Å²) < 4.78 is 0. The van der Waals surface area contributed by atoms with E-state index in [1.807, 2.05) is 13.8 Å². The van der Waals surface area contributed by atoms with Crippen LogP contribution in [0.15, 0.2) is 0 Å². The van der Waals surface area contributed by atoms with Gasteiger partial charge in [-0.25, -0.2) is 0 Å². The maximum atomic E-state index is 5.84. The lowest BCUT2D eigenvalue weighted by molar-refractivity contribution is 0.591. The molecule has 1 rings (SSSR count). The molecule has 0 saturated heterocycles. The van der Waals surface area contributed by atoms with Crippen molar-refractivity contribution >= 4 is 23.7 Å². The van der Waals surface area contributed by atoms with Crippen molar-refractivity contribution in [2.45, 2.75) is 25.1 Å². The summed E-state index contributed by atoms with van der Waals surface area (Å²) in [5.74, 6) is 2.36. The number of aromatic nitrogens is 3. The highest BCUT2D eigenvalue weighted by Gasteiger charge is 2.11. The summed E-state index contributed by atoms with van der Waals surface area (Å²) in [6.45, 7) is 3.94. The third kappa shape index (κ3) is 4.80. The molecule has 0 radical (unpaired) electrons. The fourth-order valence-electron chi connectivity index (χ4n) is 0.927. The van der Waals surface area contributed by atoms with E-state index in [9.17, 15) is 0 Å². The van der Waals surface area contributed by atoms with E-state index in [-0.39, 0.29) is 17.4 Å². The van der Waals surface area contributed by atoms with E-state index in [1.54, 1.807) is 11.8 Å². The number of rotatable bonds is 4. The molecule has 0 spiro atoms. The van der Waals surface area contributed by atoms with Crippen LogP contribution in [0, 0.1) is 0 Å². The average molecular weight is 228 g/mol. The number of thioether (sulfide) groups is 1. The molecule has 0 unspecified atom stereocenters. The number of hydrogen-bond acceptors (Lipinski definition) is 7. The summed E-state index contributed by atoms with van der Waals surface area (Å²) in [7, 11) is 0. The minimum Gasteiger partial charge on any atom is -0.368 e. The quantitative estimate of drug-likeness (QED) is 0.664. The van der Waals surface area contributed by atoms with E-state index in [4.69, 9.17) is 17.2 Å². The van der Waals surface area contributed by atoms with Gasteiger partial charge in [-0.05, 0) is 13.8 Å². The first-order valence-electron chi connectivity index (χ1n) is 4.49. The van der Waals surface area contributed by atoms with Crippen molar-refractivity contribution in [3.8, 4) is 0 Å². The lowest BCUT2D eigenvalue weighted by Gasteiger charge is -2.16. The van der Waals surface area contributed by atoms with Crippen LogP contribution in [0.4, 0.5) is 11.9 Å². The molecule has 7 heteroatoms. The number of anilines is 2. The lowest BCUT2D eigenvalue weighted by Crippen LogP contribution is -2.34. The van der Waals surface area contributed by atoms with Crippen molar-refractivity contribution in [3.05, 3.63) is 5.82 Å². The zero-order valence-electron chi connectivity index (χ0n) is 8.90. The largest absolute Gasteiger partial charge is 0.368 e. The first-order valence-corrected chi connectivity index (χ1v) is 5.65. The third-order valence-corrected chi connectivity index (χ3v) is 2.83. The molecule has 0 aromatic carbocycles.